The molecule has 0 bridgehead atoms. The molecule has 2 rings (SSSR count). The first-order chi connectivity index (χ1) is 13.9. The molecule has 0 radical (unpaired) electrons. The number of benzene rings is 1. The summed E-state index contributed by atoms with van der Waals surface area (Å²) in [6.07, 6.45) is -2.70. The molecule has 1 unspecified atom stereocenters. The maximum Gasteiger partial charge on any atom is 0.338 e. The Labute approximate surface area is 169 Å². The van der Waals surface area contributed by atoms with E-state index in [2.05, 4.69) is 0 Å². The Balaban J connectivity index is 2.08. The minimum absolute atomic E-state index is 0.123. The maximum atomic E-state index is 12.2. The van der Waals surface area contributed by atoms with E-state index in [9.17, 15) is 14.4 Å². The van der Waals surface area contributed by atoms with Gasteiger partial charge in [-0.1, -0.05) is 18.2 Å². The van der Waals surface area contributed by atoms with E-state index in [-0.39, 0.29) is 13.2 Å². The summed E-state index contributed by atoms with van der Waals surface area (Å²) in [5.41, 5.74) is 0.395. The molecule has 0 saturated carbocycles. The third kappa shape index (κ3) is 7.12. The van der Waals surface area contributed by atoms with Gasteiger partial charge in [-0.15, -0.1) is 0 Å². The highest BCUT2D eigenvalue weighted by Crippen LogP contribution is 2.31. The first kappa shape index (κ1) is 22.8. The summed E-state index contributed by atoms with van der Waals surface area (Å²) in [6.45, 7) is 3.17. The Hall–Kier alpha value is -2.49. The van der Waals surface area contributed by atoms with Gasteiger partial charge in [-0.05, 0) is 12.1 Å². The van der Waals surface area contributed by atoms with Crippen molar-refractivity contribution in [3.8, 4) is 0 Å². The fraction of sp³-hybridized carbons (Fsp3) is 0.550. The van der Waals surface area contributed by atoms with Crippen LogP contribution in [0.2, 0.25) is 0 Å². The average molecular weight is 410 g/mol. The van der Waals surface area contributed by atoms with Gasteiger partial charge in [-0.25, -0.2) is 4.79 Å². The summed E-state index contributed by atoms with van der Waals surface area (Å²) < 4.78 is 32.1. The zero-order valence-electron chi connectivity index (χ0n) is 16.7. The minimum atomic E-state index is -1.12. The van der Waals surface area contributed by atoms with Crippen molar-refractivity contribution < 1.29 is 42.8 Å². The second-order valence-corrected chi connectivity index (χ2v) is 6.42. The van der Waals surface area contributed by atoms with Crippen LogP contribution in [0, 0.1) is 5.92 Å². The number of carbonyl (C=O) groups is 3. The summed E-state index contributed by atoms with van der Waals surface area (Å²) in [7, 11) is 1.55. The van der Waals surface area contributed by atoms with E-state index < -0.39 is 42.3 Å². The lowest BCUT2D eigenvalue weighted by Gasteiger charge is -2.23. The van der Waals surface area contributed by atoms with Crippen LogP contribution in [-0.2, 0) is 38.0 Å². The number of ether oxygens (including phenoxy) is 6. The molecular formula is C20H26O9. The summed E-state index contributed by atoms with van der Waals surface area (Å²) in [6, 6.07) is 8.50. The van der Waals surface area contributed by atoms with Crippen molar-refractivity contribution in [2.75, 3.05) is 33.5 Å². The topological polar surface area (TPSA) is 107 Å². The standard InChI is InChI=1S/C20H26O9/c1-13(21)27-18-16(11-25-10-9-24-3)17(29-20(18)28-14(2)22)12-26-19(23)15-7-5-4-6-8-15/h4-8,16-18,20H,9-12H2,1-3H3/t16-,17-,18-,20?/m1/s1. The molecule has 29 heavy (non-hydrogen) atoms. The third-order valence-corrected chi connectivity index (χ3v) is 4.19. The minimum Gasteiger partial charge on any atom is -0.459 e. The molecular weight excluding hydrogens is 384 g/mol. The van der Waals surface area contributed by atoms with E-state index in [1.54, 1.807) is 37.4 Å². The van der Waals surface area contributed by atoms with Gasteiger partial charge in [0.25, 0.3) is 0 Å². The van der Waals surface area contributed by atoms with E-state index in [0.717, 1.165) is 0 Å². The number of carbonyl (C=O) groups excluding carboxylic acids is 3. The van der Waals surface area contributed by atoms with Crippen molar-refractivity contribution in [1.82, 2.24) is 0 Å². The van der Waals surface area contributed by atoms with E-state index in [1.165, 1.54) is 13.8 Å². The zero-order chi connectivity index (χ0) is 21.2. The van der Waals surface area contributed by atoms with Gasteiger partial charge in [0, 0.05) is 21.0 Å². The van der Waals surface area contributed by atoms with Crippen LogP contribution in [0.25, 0.3) is 0 Å². The number of rotatable bonds is 10. The maximum absolute atomic E-state index is 12.2. The molecule has 1 aromatic rings. The molecule has 0 aliphatic carbocycles. The number of hydrogen-bond donors (Lipinski definition) is 0. The summed E-state index contributed by atoms with van der Waals surface area (Å²) in [5.74, 6) is -2.18. The smallest absolute Gasteiger partial charge is 0.338 e. The second-order valence-electron chi connectivity index (χ2n) is 6.42. The van der Waals surface area contributed by atoms with Crippen molar-refractivity contribution >= 4 is 17.9 Å². The fourth-order valence-electron chi connectivity index (χ4n) is 2.90. The van der Waals surface area contributed by atoms with Crippen molar-refractivity contribution in [3.63, 3.8) is 0 Å². The second kappa shape index (κ2) is 11.5. The highest BCUT2D eigenvalue weighted by atomic mass is 16.7. The van der Waals surface area contributed by atoms with Crippen LogP contribution in [0.1, 0.15) is 24.2 Å². The molecule has 0 amide bonds. The lowest BCUT2D eigenvalue weighted by atomic mass is 9.99. The quantitative estimate of drug-likeness (QED) is 0.321. The van der Waals surface area contributed by atoms with Crippen molar-refractivity contribution in [3.05, 3.63) is 35.9 Å². The predicted octanol–water partition coefficient (Wildman–Crippen LogP) is 1.34. The van der Waals surface area contributed by atoms with Crippen LogP contribution in [-0.4, -0.2) is 69.9 Å². The van der Waals surface area contributed by atoms with Crippen LogP contribution in [0.3, 0.4) is 0 Å². The van der Waals surface area contributed by atoms with E-state index >= 15 is 0 Å². The van der Waals surface area contributed by atoms with E-state index in [0.29, 0.717) is 18.8 Å². The average Bonchev–Trinajstić information content (AvgIpc) is 2.99. The van der Waals surface area contributed by atoms with Gasteiger partial charge < -0.3 is 28.4 Å². The van der Waals surface area contributed by atoms with Crippen molar-refractivity contribution in [2.24, 2.45) is 5.92 Å². The van der Waals surface area contributed by atoms with Gasteiger partial charge in [-0.2, -0.15) is 0 Å². The molecule has 0 spiro atoms. The molecule has 1 aliphatic heterocycles. The molecule has 0 aromatic heterocycles. The lowest BCUT2D eigenvalue weighted by Crippen LogP contribution is -2.38. The van der Waals surface area contributed by atoms with Gasteiger partial charge in [0.05, 0.1) is 31.3 Å². The summed E-state index contributed by atoms with van der Waals surface area (Å²) >= 11 is 0. The SMILES string of the molecule is COCCOC[C@@H]1[C@@H](COC(=O)c2ccccc2)OC(OC(C)=O)[C@@H]1OC(C)=O. The van der Waals surface area contributed by atoms with Gasteiger partial charge in [0.15, 0.2) is 6.10 Å². The first-order valence-corrected chi connectivity index (χ1v) is 9.21. The molecule has 1 aromatic carbocycles. The van der Waals surface area contributed by atoms with Crippen LogP contribution in [0.15, 0.2) is 30.3 Å². The molecule has 9 nitrogen and oxygen atoms in total. The third-order valence-electron chi connectivity index (χ3n) is 4.19. The van der Waals surface area contributed by atoms with Gasteiger partial charge in [0.2, 0.25) is 6.29 Å². The number of esters is 3. The number of hydrogen-bond acceptors (Lipinski definition) is 9. The van der Waals surface area contributed by atoms with E-state index in [1.807, 2.05) is 0 Å². The molecule has 1 fully saturated rings. The highest BCUT2D eigenvalue weighted by molar-refractivity contribution is 5.89. The number of methoxy groups -OCH3 is 1. The summed E-state index contributed by atoms with van der Waals surface area (Å²) in [4.78, 5) is 35.2. The predicted molar refractivity (Wildman–Crippen MR) is 98.9 cm³/mol. The monoisotopic (exact) mass is 410 g/mol. The van der Waals surface area contributed by atoms with Crippen LogP contribution in [0.5, 0.6) is 0 Å². The van der Waals surface area contributed by atoms with Crippen molar-refractivity contribution in [2.45, 2.75) is 32.3 Å². The molecule has 9 heteroatoms. The molecule has 1 aliphatic rings. The first-order valence-electron chi connectivity index (χ1n) is 9.21. The Morgan fingerprint density at radius 1 is 0.966 bits per heavy atom. The summed E-state index contributed by atoms with van der Waals surface area (Å²) in [5, 5.41) is 0. The molecule has 0 N–H and O–H groups in total. The Morgan fingerprint density at radius 3 is 2.28 bits per heavy atom. The Morgan fingerprint density at radius 2 is 1.66 bits per heavy atom. The van der Waals surface area contributed by atoms with Crippen LogP contribution < -0.4 is 0 Å². The van der Waals surface area contributed by atoms with Gasteiger partial charge >= 0.3 is 17.9 Å². The molecule has 1 heterocycles. The molecule has 4 atom stereocenters. The van der Waals surface area contributed by atoms with Crippen molar-refractivity contribution in [1.29, 1.82) is 0 Å². The van der Waals surface area contributed by atoms with Crippen LogP contribution in [0.4, 0.5) is 0 Å². The fourth-order valence-corrected chi connectivity index (χ4v) is 2.90. The van der Waals surface area contributed by atoms with Gasteiger partial charge in [0.1, 0.15) is 12.7 Å². The lowest BCUT2D eigenvalue weighted by molar-refractivity contribution is -0.195. The Bertz CT molecular complexity index is 676. The molecule has 160 valence electrons. The largest absolute Gasteiger partial charge is 0.459 e. The normalized spacial score (nSPS) is 23.4. The zero-order valence-corrected chi connectivity index (χ0v) is 16.7. The highest BCUT2D eigenvalue weighted by Gasteiger charge is 2.49. The van der Waals surface area contributed by atoms with E-state index in [4.69, 9.17) is 28.4 Å². The molecule has 1 saturated heterocycles. The Kier molecular flexibility index (Phi) is 9.04. The van der Waals surface area contributed by atoms with Gasteiger partial charge in [-0.3, -0.25) is 9.59 Å². The van der Waals surface area contributed by atoms with Crippen LogP contribution >= 0.6 is 0 Å².